The fourth-order valence-electron chi connectivity index (χ4n) is 4.51. The average Bonchev–Trinajstić information content (AvgIpc) is 2.54. The Kier molecular flexibility index (Phi) is 4.94. The van der Waals surface area contributed by atoms with Crippen molar-refractivity contribution in [2.45, 2.75) is 70.1 Å². The van der Waals surface area contributed by atoms with Crippen molar-refractivity contribution in [3.8, 4) is 0 Å². The van der Waals surface area contributed by atoms with Gasteiger partial charge in [-0.3, -0.25) is 0 Å². The molecule has 0 spiro atoms. The minimum Gasteiger partial charge on any atom is -0.118 e. The summed E-state index contributed by atoms with van der Waals surface area (Å²) in [6.07, 6.45) is 9.97. The molecule has 1 aromatic rings. The molecule has 2 saturated carbocycles. The van der Waals surface area contributed by atoms with Crippen molar-refractivity contribution in [1.82, 2.24) is 0 Å². The van der Waals surface area contributed by atoms with E-state index in [0.717, 1.165) is 11.8 Å². The van der Waals surface area contributed by atoms with Gasteiger partial charge in [0.1, 0.15) is 0 Å². The number of fused-ring (bicyclic) bond motifs is 1. The van der Waals surface area contributed by atoms with E-state index in [9.17, 15) is 0 Å². The van der Waals surface area contributed by atoms with Crippen molar-refractivity contribution in [3.63, 3.8) is 0 Å². The highest BCUT2D eigenvalue weighted by Crippen LogP contribution is 2.47. The molecule has 0 bridgehead atoms. The lowest BCUT2D eigenvalue weighted by molar-refractivity contribution is 0.127. The summed E-state index contributed by atoms with van der Waals surface area (Å²) in [5.41, 5.74) is 2.75. The first-order valence-corrected chi connectivity index (χ1v) is 9.32. The molecule has 4 unspecified atom stereocenters. The van der Waals surface area contributed by atoms with Crippen LogP contribution in [0, 0.1) is 17.8 Å². The second-order valence-electron chi connectivity index (χ2n) is 7.60. The maximum atomic E-state index is 6.85. The third kappa shape index (κ3) is 3.47. The SMILES string of the molecule is CC(C)c1ccc(C(Cl)C2CCC3CCCCC3C2)cc1. The first kappa shape index (κ1) is 15.4. The van der Waals surface area contributed by atoms with Crippen LogP contribution in [0.5, 0.6) is 0 Å². The number of halogens is 1. The molecule has 1 heteroatoms. The molecule has 4 atom stereocenters. The van der Waals surface area contributed by atoms with Gasteiger partial charge in [-0.05, 0) is 54.1 Å². The molecule has 21 heavy (non-hydrogen) atoms. The topological polar surface area (TPSA) is 0 Å². The fourth-order valence-corrected chi connectivity index (χ4v) is 4.89. The summed E-state index contributed by atoms with van der Waals surface area (Å²) >= 11 is 6.85. The smallest absolute Gasteiger partial charge is 0.0613 e. The van der Waals surface area contributed by atoms with Gasteiger partial charge in [-0.15, -0.1) is 11.6 Å². The van der Waals surface area contributed by atoms with Gasteiger partial charge in [0, 0.05) is 0 Å². The van der Waals surface area contributed by atoms with Crippen molar-refractivity contribution < 1.29 is 0 Å². The van der Waals surface area contributed by atoms with E-state index in [0.29, 0.717) is 11.8 Å². The maximum Gasteiger partial charge on any atom is 0.0613 e. The Morgan fingerprint density at radius 3 is 2.14 bits per heavy atom. The Labute approximate surface area is 135 Å². The number of alkyl halides is 1. The van der Waals surface area contributed by atoms with Crippen LogP contribution in [0.4, 0.5) is 0 Å². The predicted molar refractivity (Wildman–Crippen MR) is 91.9 cm³/mol. The maximum absolute atomic E-state index is 6.85. The average molecular weight is 305 g/mol. The summed E-state index contributed by atoms with van der Waals surface area (Å²) in [4.78, 5) is 0. The van der Waals surface area contributed by atoms with Gasteiger partial charge in [-0.1, -0.05) is 63.8 Å². The van der Waals surface area contributed by atoms with Crippen LogP contribution >= 0.6 is 11.6 Å². The zero-order chi connectivity index (χ0) is 14.8. The lowest BCUT2D eigenvalue weighted by Gasteiger charge is -2.40. The van der Waals surface area contributed by atoms with Gasteiger partial charge >= 0.3 is 0 Å². The first-order chi connectivity index (χ1) is 10.1. The third-order valence-corrected chi connectivity index (χ3v) is 6.52. The molecule has 116 valence electrons. The van der Waals surface area contributed by atoms with E-state index in [-0.39, 0.29) is 5.38 Å². The van der Waals surface area contributed by atoms with Crippen molar-refractivity contribution in [2.24, 2.45) is 17.8 Å². The van der Waals surface area contributed by atoms with E-state index in [1.807, 2.05) is 0 Å². The molecule has 0 saturated heterocycles. The largest absolute Gasteiger partial charge is 0.118 e. The Morgan fingerprint density at radius 1 is 0.857 bits per heavy atom. The number of benzene rings is 1. The molecule has 2 fully saturated rings. The highest BCUT2D eigenvalue weighted by Gasteiger charge is 2.35. The van der Waals surface area contributed by atoms with Gasteiger partial charge in [0.2, 0.25) is 0 Å². The lowest BCUT2D eigenvalue weighted by Crippen LogP contribution is -2.29. The van der Waals surface area contributed by atoms with Crippen LogP contribution in [0.3, 0.4) is 0 Å². The highest BCUT2D eigenvalue weighted by atomic mass is 35.5. The molecular weight excluding hydrogens is 276 g/mol. The minimum atomic E-state index is 0.217. The normalized spacial score (nSPS) is 31.0. The molecule has 2 aliphatic rings. The zero-order valence-corrected chi connectivity index (χ0v) is 14.3. The Balaban J connectivity index is 1.65. The van der Waals surface area contributed by atoms with Crippen molar-refractivity contribution >= 4 is 11.6 Å². The van der Waals surface area contributed by atoms with Crippen molar-refractivity contribution in [2.75, 3.05) is 0 Å². The van der Waals surface area contributed by atoms with E-state index < -0.39 is 0 Å². The third-order valence-electron chi connectivity index (χ3n) is 5.92. The summed E-state index contributed by atoms with van der Waals surface area (Å²) in [6, 6.07) is 9.06. The summed E-state index contributed by atoms with van der Waals surface area (Å²) in [5.74, 6) is 3.28. The van der Waals surface area contributed by atoms with Crippen LogP contribution < -0.4 is 0 Å². The van der Waals surface area contributed by atoms with E-state index in [1.54, 1.807) is 0 Å². The number of rotatable bonds is 3. The second kappa shape index (κ2) is 6.73. The Hall–Kier alpha value is -0.490. The van der Waals surface area contributed by atoms with Crippen LogP contribution in [0.2, 0.25) is 0 Å². The summed E-state index contributed by atoms with van der Waals surface area (Å²) in [7, 11) is 0. The van der Waals surface area contributed by atoms with Gasteiger partial charge < -0.3 is 0 Å². The molecule has 1 aromatic carbocycles. The van der Waals surface area contributed by atoms with E-state index in [4.69, 9.17) is 11.6 Å². The van der Waals surface area contributed by atoms with Crippen LogP contribution in [0.1, 0.15) is 81.2 Å². The van der Waals surface area contributed by atoms with Crippen LogP contribution in [-0.2, 0) is 0 Å². The summed E-state index contributed by atoms with van der Waals surface area (Å²) in [6.45, 7) is 4.50. The molecular formula is C20H29Cl. The summed E-state index contributed by atoms with van der Waals surface area (Å²) in [5, 5.41) is 0.217. The fraction of sp³-hybridized carbons (Fsp3) is 0.700. The molecule has 0 aromatic heterocycles. The number of hydrogen-bond donors (Lipinski definition) is 0. The van der Waals surface area contributed by atoms with E-state index in [1.165, 1.54) is 56.1 Å². The lowest BCUT2D eigenvalue weighted by atomic mass is 9.66. The van der Waals surface area contributed by atoms with Gasteiger partial charge in [-0.2, -0.15) is 0 Å². The monoisotopic (exact) mass is 304 g/mol. The minimum absolute atomic E-state index is 0.217. The van der Waals surface area contributed by atoms with Crippen molar-refractivity contribution in [1.29, 1.82) is 0 Å². The second-order valence-corrected chi connectivity index (χ2v) is 8.07. The molecule has 0 aliphatic heterocycles. The van der Waals surface area contributed by atoms with Crippen LogP contribution in [0.15, 0.2) is 24.3 Å². The first-order valence-electron chi connectivity index (χ1n) is 8.89. The van der Waals surface area contributed by atoms with Crippen LogP contribution in [-0.4, -0.2) is 0 Å². The Morgan fingerprint density at radius 2 is 1.48 bits per heavy atom. The predicted octanol–water partition coefficient (Wildman–Crippen LogP) is 6.70. The zero-order valence-electron chi connectivity index (χ0n) is 13.5. The Bertz CT molecular complexity index is 447. The molecule has 2 aliphatic carbocycles. The molecule has 0 radical (unpaired) electrons. The van der Waals surface area contributed by atoms with Crippen LogP contribution in [0.25, 0.3) is 0 Å². The standard InChI is InChI=1S/C20H29Cl/c1-14(2)15-7-10-17(11-8-15)20(21)19-12-9-16-5-3-4-6-18(16)13-19/h7-8,10-11,14,16,18-20H,3-6,9,12-13H2,1-2H3. The van der Waals surface area contributed by atoms with Gasteiger partial charge in [0.05, 0.1) is 5.38 Å². The molecule has 0 nitrogen and oxygen atoms in total. The quantitative estimate of drug-likeness (QED) is 0.545. The number of hydrogen-bond acceptors (Lipinski definition) is 0. The van der Waals surface area contributed by atoms with Crippen molar-refractivity contribution in [3.05, 3.63) is 35.4 Å². The summed E-state index contributed by atoms with van der Waals surface area (Å²) < 4.78 is 0. The van der Waals surface area contributed by atoms with Gasteiger partial charge in [0.25, 0.3) is 0 Å². The van der Waals surface area contributed by atoms with Gasteiger partial charge in [-0.25, -0.2) is 0 Å². The molecule has 0 amide bonds. The molecule has 3 rings (SSSR count). The highest BCUT2D eigenvalue weighted by molar-refractivity contribution is 6.21. The van der Waals surface area contributed by atoms with E-state index >= 15 is 0 Å². The van der Waals surface area contributed by atoms with Gasteiger partial charge in [0.15, 0.2) is 0 Å². The van der Waals surface area contributed by atoms with E-state index in [2.05, 4.69) is 38.1 Å². The molecule has 0 N–H and O–H groups in total. The molecule has 0 heterocycles.